The molecule has 0 aliphatic carbocycles. The summed E-state index contributed by atoms with van der Waals surface area (Å²) in [4.78, 5) is 11.7. The van der Waals surface area contributed by atoms with Gasteiger partial charge < -0.3 is 10.1 Å². The zero-order chi connectivity index (χ0) is 14.4. The van der Waals surface area contributed by atoms with E-state index in [9.17, 15) is 9.18 Å². The number of para-hydroxylation sites is 1. The summed E-state index contributed by atoms with van der Waals surface area (Å²) in [5, 5.41) is 2.69. The van der Waals surface area contributed by atoms with Crippen molar-refractivity contribution in [3.63, 3.8) is 0 Å². The maximum atomic E-state index is 13.0. The predicted molar refractivity (Wildman–Crippen MR) is 75.4 cm³/mol. The van der Waals surface area contributed by atoms with Gasteiger partial charge in [-0.15, -0.1) is 0 Å². The minimum Gasteiger partial charge on any atom is -0.491 e. The van der Waals surface area contributed by atoms with Gasteiger partial charge in [-0.2, -0.15) is 0 Å². The molecule has 0 aliphatic rings. The number of hydrogen-bond acceptors (Lipinski definition) is 2. The molecule has 0 heterocycles. The molecule has 1 amide bonds. The number of nitrogens with one attached hydrogen (secondary N) is 1. The van der Waals surface area contributed by atoms with Crippen LogP contribution >= 0.6 is 0 Å². The Morgan fingerprint density at radius 1 is 1.20 bits per heavy atom. The molecule has 0 radical (unpaired) electrons. The summed E-state index contributed by atoms with van der Waals surface area (Å²) in [5.41, 5.74) is 1.35. The Morgan fingerprint density at radius 3 is 2.75 bits per heavy atom. The first kappa shape index (κ1) is 14.1. The Morgan fingerprint density at radius 2 is 2.00 bits per heavy atom. The summed E-state index contributed by atoms with van der Waals surface area (Å²) in [6.45, 7) is 2.69. The van der Waals surface area contributed by atoms with Gasteiger partial charge in [0.1, 0.15) is 18.2 Å². The van der Waals surface area contributed by atoms with Crippen LogP contribution in [0, 0.1) is 12.7 Å². The highest BCUT2D eigenvalue weighted by atomic mass is 19.1. The number of halogens is 1. The van der Waals surface area contributed by atoms with Crippen LogP contribution in [0.4, 0.5) is 4.39 Å². The van der Waals surface area contributed by atoms with Crippen LogP contribution in [0.1, 0.15) is 15.9 Å². The number of carbonyl (C=O) groups excluding carboxylic acids is 1. The fourth-order valence-corrected chi connectivity index (χ4v) is 1.78. The van der Waals surface area contributed by atoms with E-state index in [1.807, 2.05) is 31.2 Å². The first-order valence-corrected chi connectivity index (χ1v) is 6.39. The van der Waals surface area contributed by atoms with Crippen molar-refractivity contribution < 1.29 is 13.9 Å². The zero-order valence-corrected chi connectivity index (χ0v) is 11.2. The molecule has 0 fully saturated rings. The van der Waals surface area contributed by atoms with Crippen molar-refractivity contribution in [2.75, 3.05) is 13.2 Å². The van der Waals surface area contributed by atoms with Crippen molar-refractivity contribution in [1.29, 1.82) is 0 Å². The quantitative estimate of drug-likeness (QED) is 0.851. The molecule has 0 bridgehead atoms. The molecule has 2 rings (SSSR count). The summed E-state index contributed by atoms with van der Waals surface area (Å²) >= 11 is 0. The molecule has 0 atom stereocenters. The van der Waals surface area contributed by atoms with Gasteiger partial charge in [0.2, 0.25) is 0 Å². The van der Waals surface area contributed by atoms with Gasteiger partial charge >= 0.3 is 0 Å². The van der Waals surface area contributed by atoms with E-state index in [2.05, 4.69) is 5.32 Å². The zero-order valence-electron chi connectivity index (χ0n) is 11.2. The molecule has 0 spiro atoms. The maximum absolute atomic E-state index is 13.0. The molecule has 0 aliphatic heterocycles. The van der Waals surface area contributed by atoms with E-state index in [0.29, 0.717) is 18.7 Å². The lowest BCUT2D eigenvalue weighted by molar-refractivity contribution is 0.0946. The van der Waals surface area contributed by atoms with E-state index in [0.717, 1.165) is 11.3 Å². The van der Waals surface area contributed by atoms with Crippen molar-refractivity contribution in [1.82, 2.24) is 5.32 Å². The molecule has 104 valence electrons. The maximum Gasteiger partial charge on any atom is 0.251 e. The summed E-state index contributed by atoms with van der Waals surface area (Å²) in [6.07, 6.45) is 0. The smallest absolute Gasteiger partial charge is 0.251 e. The number of aryl methyl sites for hydroxylation is 1. The average molecular weight is 273 g/mol. The van der Waals surface area contributed by atoms with Gasteiger partial charge in [-0.1, -0.05) is 24.3 Å². The van der Waals surface area contributed by atoms with Gasteiger partial charge in [0.05, 0.1) is 6.54 Å². The largest absolute Gasteiger partial charge is 0.491 e. The Hall–Kier alpha value is -2.36. The van der Waals surface area contributed by atoms with Crippen molar-refractivity contribution in [2.24, 2.45) is 0 Å². The monoisotopic (exact) mass is 273 g/mol. The van der Waals surface area contributed by atoms with Gasteiger partial charge in [0.15, 0.2) is 0 Å². The van der Waals surface area contributed by atoms with Crippen LogP contribution in [0.25, 0.3) is 0 Å². The number of hydrogen-bond donors (Lipinski definition) is 1. The Kier molecular flexibility index (Phi) is 4.71. The predicted octanol–water partition coefficient (Wildman–Crippen LogP) is 2.94. The van der Waals surface area contributed by atoms with Gasteiger partial charge in [0.25, 0.3) is 5.91 Å². The molecular weight excluding hydrogens is 257 g/mol. The van der Waals surface area contributed by atoms with Crippen LogP contribution in [0.2, 0.25) is 0 Å². The molecule has 20 heavy (non-hydrogen) atoms. The highest BCUT2D eigenvalue weighted by Crippen LogP contribution is 2.15. The van der Waals surface area contributed by atoms with Gasteiger partial charge in [-0.25, -0.2) is 4.39 Å². The number of benzene rings is 2. The van der Waals surface area contributed by atoms with E-state index >= 15 is 0 Å². The van der Waals surface area contributed by atoms with Crippen LogP contribution in [-0.4, -0.2) is 19.1 Å². The number of amides is 1. The van der Waals surface area contributed by atoms with E-state index < -0.39 is 5.82 Å². The van der Waals surface area contributed by atoms with Crippen LogP contribution in [0.15, 0.2) is 48.5 Å². The van der Waals surface area contributed by atoms with Crippen LogP contribution in [0.3, 0.4) is 0 Å². The van der Waals surface area contributed by atoms with E-state index in [1.54, 1.807) is 6.07 Å². The number of carbonyl (C=O) groups is 1. The molecule has 3 nitrogen and oxygen atoms in total. The molecule has 0 saturated carbocycles. The molecule has 0 saturated heterocycles. The van der Waals surface area contributed by atoms with E-state index in [1.165, 1.54) is 18.2 Å². The Balaban J connectivity index is 1.79. The molecule has 2 aromatic rings. The van der Waals surface area contributed by atoms with Crippen molar-refractivity contribution in [3.05, 3.63) is 65.5 Å². The van der Waals surface area contributed by atoms with E-state index in [4.69, 9.17) is 4.74 Å². The first-order chi connectivity index (χ1) is 9.66. The third-order valence-corrected chi connectivity index (χ3v) is 2.83. The molecule has 2 aromatic carbocycles. The second-order valence-corrected chi connectivity index (χ2v) is 4.38. The van der Waals surface area contributed by atoms with Gasteiger partial charge in [-0.05, 0) is 36.8 Å². The molecular formula is C16H16FNO2. The van der Waals surface area contributed by atoms with Crippen molar-refractivity contribution >= 4 is 5.91 Å². The van der Waals surface area contributed by atoms with Crippen molar-refractivity contribution in [2.45, 2.75) is 6.92 Å². The fourth-order valence-electron chi connectivity index (χ4n) is 1.78. The summed E-state index contributed by atoms with van der Waals surface area (Å²) in [7, 11) is 0. The van der Waals surface area contributed by atoms with Crippen LogP contribution < -0.4 is 10.1 Å². The third-order valence-electron chi connectivity index (χ3n) is 2.83. The van der Waals surface area contributed by atoms with Crippen LogP contribution in [-0.2, 0) is 0 Å². The lowest BCUT2D eigenvalue weighted by Crippen LogP contribution is -2.28. The molecule has 0 aromatic heterocycles. The molecule has 0 unspecified atom stereocenters. The number of ether oxygens (including phenoxy) is 1. The SMILES string of the molecule is Cc1ccccc1OCCNC(=O)c1cccc(F)c1. The first-order valence-electron chi connectivity index (χ1n) is 6.39. The second-order valence-electron chi connectivity index (χ2n) is 4.38. The lowest BCUT2D eigenvalue weighted by Gasteiger charge is -2.09. The fraction of sp³-hybridized carbons (Fsp3) is 0.188. The second kappa shape index (κ2) is 6.70. The summed E-state index contributed by atoms with van der Waals surface area (Å²) in [6, 6.07) is 13.3. The lowest BCUT2D eigenvalue weighted by atomic mass is 10.2. The van der Waals surface area contributed by atoms with Gasteiger partial charge in [0, 0.05) is 5.56 Å². The topological polar surface area (TPSA) is 38.3 Å². The number of rotatable bonds is 5. The van der Waals surface area contributed by atoms with E-state index in [-0.39, 0.29) is 5.91 Å². The average Bonchev–Trinajstić information content (AvgIpc) is 2.45. The van der Waals surface area contributed by atoms with Gasteiger partial charge in [-0.3, -0.25) is 4.79 Å². The standard InChI is InChI=1S/C16H16FNO2/c1-12-5-2-3-8-15(12)20-10-9-18-16(19)13-6-4-7-14(17)11-13/h2-8,11H,9-10H2,1H3,(H,18,19). The van der Waals surface area contributed by atoms with Crippen molar-refractivity contribution in [3.8, 4) is 5.75 Å². The molecule has 4 heteroatoms. The third kappa shape index (κ3) is 3.82. The summed E-state index contributed by atoms with van der Waals surface area (Å²) in [5.74, 6) is 0.0687. The molecule has 1 N–H and O–H groups in total. The normalized spacial score (nSPS) is 10.1. The van der Waals surface area contributed by atoms with Crippen LogP contribution in [0.5, 0.6) is 5.75 Å². The summed E-state index contributed by atoms with van der Waals surface area (Å²) < 4.78 is 18.5. The Bertz CT molecular complexity index is 599. The Labute approximate surface area is 117 Å². The minimum absolute atomic E-state index is 0.306. The highest BCUT2D eigenvalue weighted by molar-refractivity contribution is 5.94. The highest BCUT2D eigenvalue weighted by Gasteiger charge is 2.05. The minimum atomic E-state index is -0.422.